The summed E-state index contributed by atoms with van der Waals surface area (Å²) in [5, 5.41) is 0. The SMILES string of the molecule is C=CCc1c[n+](CCCC[n+]2ccnc(CC=C)c2)ccn1. The molecule has 22 heavy (non-hydrogen) atoms. The van der Waals surface area contributed by atoms with Crippen LogP contribution in [0.15, 0.2) is 62.5 Å². The van der Waals surface area contributed by atoms with E-state index in [1.165, 1.54) is 0 Å². The fraction of sp³-hybridized carbons (Fsp3) is 0.333. The Kier molecular flexibility index (Phi) is 6.42. The molecule has 4 nitrogen and oxygen atoms in total. The molecule has 0 amide bonds. The van der Waals surface area contributed by atoms with E-state index in [0.29, 0.717) is 0 Å². The second-order valence-corrected chi connectivity index (χ2v) is 5.26. The minimum atomic E-state index is 0.819. The number of rotatable bonds is 9. The lowest BCUT2D eigenvalue weighted by Crippen LogP contribution is -2.36. The molecular weight excluding hydrogens is 272 g/mol. The number of nitrogens with zero attached hydrogens (tertiary/aromatic N) is 4. The lowest BCUT2D eigenvalue weighted by atomic mass is 10.2. The van der Waals surface area contributed by atoms with Crippen molar-refractivity contribution in [3.63, 3.8) is 0 Å². The van der Waals surface area contributed by atoms with E-state index < -0.39 is 0 Å². The van der Waals surface area contributed by atoms with Gasteiger partial charge in [-0.25, -0.2) is 19.1 Å². The Morgan fingerprint density at radius 3 is 1.68 bits per heavy atom. The molecule has 0 aliphatic rings. The van der Waals surface area contributed by atoms with Crippen molar-refractivity contribution < 1.29 is 9.13 Å². The van der Waals surface area contributed by atoms with Crippen LogP contribution in [0.25, 0.3) is 0 Å². The molecule has 114 valence electrons. The molecule has 4 heteroatoms. The summed E-state index contributed by atoms with van der Waals surface area (Å²) in [6, 6.07) is 0. The smallest absolute Gasteiger partial charge is 0.190 e. The first-order chi connectivity index (χ1) is 10.8. The molecule has 0 aliphatic heterocycles. The van der Waals surface area contributed by atoms with E-state index in [2.05, 4.69) is 44.7 Å². The van der Waals surface area contributed by atoms with Gasteiger partial charge in [0.05, 0.1) is 12.4 Å². The molecule has 0 fully saturated rings. The standard InChI is InChI=1S/C18H24N4/c1-3-7-17-15-21(13-9-19-17)11-5-6-12-22-14-10-20-18(16-22)8-4-2/h3-4,9-10,13-16H,1-2,5-8,11-12H2/q+2. The van der Waals surface area contributed by atoms with Gasteiger partial charge in [0.15, 0.2) is 24.8 Å². The van der Waals surface area contributed by atoms with Crippen LogP contribution in [0.5, 0.6) is 0 Å². The Bertz CT molecular complexity index is 566. The van der Waals surface area contributed by atoms with Crippen molar-refractivity contribution in [2.45, 2.75) is 38.8 Å². The normalized spacial score (nSPS) is 10.4. The molecule has 0 saturated heterocycles. The summed E-state index contributed by atoms with van der Waals surface area (Å²) in [5.74, 6) is 0. The molecule has 2 aromatic heterocycles. The zero-order chi connectivity index (χ0) is 15.6. The number of unbranched alkanes of at least 4 members (excludes halogenated alkanes) is 1. The van der Waals surface area contributed by atoms with Gasteiger partial charge in [0, 0.05) is 25.7 Å². The summed E-state index contributed by atoms with van der Waals surface area (Å²) in [5.41, 5.74) is 2.13. The van der Waals surface area contributed by atoms with Crippen molar-refractivity contribution in [1.82, 2.24) is 9.97 Å². The highest BCUT2D eigenvalue weighted by molar-refractivity contribution is 4.97. The van der Waals surface area contributed by atoms with Crippen LogP contribution in [0.3, 0.4) is 0 Å². The van der Waals surface area contributed by atoms with Crippen LogP contribution in [0.2, 0.25) is 0 Å². The Balaban J connectivity index is 1.79. The quantitative estimate of drug-likeness (QED) is 0.403. The third-order valence-electron chi connectivity index (χ3n) is 3.42. The molecule has 0 N–H and O–H groups in total. The van der Waals surface area contributed by atoms with E-state index in [4.69, 9.17) is 0 Å². The molecule has 0 saturated carbocycles. The van der Waals surface area contributed by atoms with Crippen LogP contribution in [0, 0.1) is 0 Å². The van der Waals surface area contributed by atoms with Gasteiger partial charge in [-0.2, -0.15) is 0 Å². The van der Waals surface area contributed by atoms with Gasteiger partial charge in [0.1, 0.15) is 24.5 Å². The van der Waals surface area contributed by atoms with E-state index in [1.807, 2.05) is 36.9 Å². The third kappa shape index (κ3) is 5.20. The Labute approximate surface area is 132 Å². The van der Waals surface area contributed by atoms with Crippen molar-refractivity contribution in [3.05, 3.63) is 73.9 Å². The van der Waals surface area contributed by atoms with Crippen molar-refractivity contribution in [3.8, 4) is 0 Å². The molecule has 0 unspecified atom stereocenters. The first-order valence-electron chi connectivity index (χ1n) is 7.71. The van der Waals surface area contributed by atoms with Crippen molar-refractivity contribution >= 4 is 0 Å². The fourth-order valence-corrected chi connectivity index (χ4v) is 2.34. The number of allylic oxidation sites excluding steroid dienone is 2. The Morgan fingerprint density at radius 2 is 1.27 bits per heavy atom. The maximum absolute atomic E-state index is 4.32. The summed E-state index contributed by atoms with van der Waals surface area (Å²) in [7, 11) is 0. The van der Waals surface area contributed by atoms with Gasteiger partial charge in [0.2, 0.25) is 0 Å². The molecule has 0 aromatic carbocycles. The number of hydrogen-bond acceptors (Lipinski definition) is 2. The molecule has 2 rings (SSSR count). The predicted molar refractivity (Wildman–Crippen MR) is 85.9 cm³/mol. The average Bonchev–Trinajstić information content (AvgIpc) is 2.53. The summed E-state index contributed by atoms with van der Waals surface area (Å²) < 4.78 is 4.40. The maximum atomic E-state index is 4.32. The highest BCUT2D eigenvalue weighted by atomic mass is 15.0. The van der Waals surface area contributed by atoms with Crippen LogP contribution in [-0.2, 0) is 25.9 Å². The zero-order valence-electron chi connectivity index (χ0n) is 13.1. The molecule has 0 bridgehead atoms. The summed E-state index contributed by atoms with van der Waals surface area (Å²) in [6.07, 6.45) is 19.6. The summed E-state index contributed by atoms with van der Waals surface area (Å²) >= 11 is 0. The first-order valence-corrected chi connectivity index (χ1v) is 7.71. The van der Waals surface area contributed by atoms with Crippen molar-refractivity contribution in [1.29, 1.82) is 0 Å². The molecule has 0 atom stereocenters. The van der Waals surface area contributed by atoms with E-state index in [9.17, 15) is 0 Å². The van der Waals surface area contributed by atoms with E-state index in [-0.39, 0.29) is 0 Å². The largest absolute Gasteiger partial charge is 0.248 e. The number of aromatic nitrogens is 4. The summed E-state index contributed by atoms with van der Waals surface area (Å²) in [4.78, 5) is 8.64. The number of hydrogen-bond donors (Lipinski definition) is 0. The minimum Gasteiger partial charge on any atom is -0.248 e. The van der Waals surface area contributed by atoms with Gasteiger partial charge < -0.3 is 0 Å². The van der Waals surface area contributed by atoms with Crippen LogP contribution in [-0.4, -0.2) is 9.97 Å². The Hall–Kier alpha value is -2.36. The predicted octanol–water partition coefficient (Wildman–Crippen LogP) is 1.99. The maximum Gasteiger partial charge on any atom is 0.190 e. The van der Waals surface area contributed by atoms with Gasteiger partial charge in [0.25, 0.3) is 0 Å². The molecule has 2 heterocycles. The van der Waals surface area contributed by atoms with Crippen LogP contribution < -0.4 is 9.13 Å². The second kappa shape index (κ2) is 8.82. The Morgan fingerprint density at radius 1 is 0.818 bits per heavy atom. The van der Waals surface area contributed by atoms with E-state index >= 15 is 0 Å². The monoisotopic (exact) mass is 296 g/mol. The van der Waals surface area contributed by atoms with Crippen LogP contribution in [0.1, 0.15) is 24.2 Å². The molecule has 0 aliphatic carbocycles. The van der Waals surface area contributed by atoms with E-state index in [0.717, 1.165) is 50.2 Å². The van der Waals surface area contributed by atoms with Crippen LogP contribution in [0.4, 0.5) is 0 Å². The number of aryl methyl sites for hydroxylation is 2. The highest BCUT2D eigenvalue weighted by Gasteiger charge is 2.06. The average molecular weight is 296 g/mol. The van der Waals surface area contributed by atoms with Gasteiger partial charge in [-0.05, 0) is 0 Å². The highest BCUT2D eigenvalue weighted by Crippen LogP contribution is 1.95. The van der Waals surface area contributed by atoms with Crippen molar-refractivity contribution in [2.75, 3.05) is 0 Å². The third-order valence-corrected chi connectivity index (χ3v) is 3.42. The lowest BCUT2D eigenvalue weighted by molar-refractivity contribution is -0.709. The van der Waals surface area contributed by atoms with E-state index in [1.54, 1.807) is 0 Å². The topological polar surface area (TPSA) is 33.5 Å². The molecule has 2 aromatic rings. The molecule has 0 spiro atoms. The molecule has 0 radical (unpaired) electrons. The summed E-state index contributed by atoms with van der Waals surface area (Å²) in [6.45, 7) is 9.53. The first kappa shape index (κ1) is 16.0. The second-order valence-electron chi connectivity index (χ2n) is 5.26. The fourth-order valence-electron chi connectivity index (χ4n) is 2.34. The van der Waals surface area contributed by atoms with Crippen LogP contribution >= 0.6 is 0 Å². The van der Waals surface area contributed by atoms with Gasteiger partial charge in [-0.1, -0.05) is 12.2 Å². The van der Waals surface area contributed by atoms with Gasteiger partial charge in [-0.3, -0.25) is 0 Å². The molecular formula is C18H24N4+2. The van der Waals surface area contributed by atoms with Gasteiger partial charge >= 0.3 is 0 Å². The lowest BCUT2D eigenvalue weighted by Gasteiger charge is -2.00. The van der Waals surface area contributed by atoms with Crippen molar-refractivity contribution in [2.24, 2.45) is 0 Å². The zero-order valence-corrected chi connectivity index (χ0v) is 13.1. The minimum absolute atomic E-state index is 0.819. The van der Waals surface area contributed by atoms with Gasteiger partial charge in [-0.15, -0.1) is 13.2 Å².